The monoisotopic (exact) mass is 534 g/mol. The van der Waals surface area contributed by atoms with Crippen LogP contribution in [0.2, 0.25) is 0 Å². The predicted octanol–water partition coefficient (Wildman–Crippen LogP) is 2.63. The van der Waals surface area contributed by atoms with Crippen molar-refractivity contribution >= 4 is 35.8 Å². The number of hydrogen-bond acceptors (Lipinski definition) is 4. The van der Waals surface area contributed by atoms with Crippen molar-refractivity contribution in [2.45, 2.75) is 39.3 Å². The van der Waals surface area contributed by atoms with E-state index in [1.54, 1.807) is 6.07 Å². The van der Waals surface area contributed by atoms with Crippen LogP contribution in [-0.4, -0.2) is 73.7 Å². The fourth-order valence-corrected chi connectivity index (χ4v) is 3.62. The molecule has 168 valence electrons. The Labute approximate surface area is 195 Å². The lowest BCUT2D eigenvalue weighted by atomic mass is 10.2. The van der Waals surface area contributed by atoms with Crippen molar-refractivity contribution in [3.8, 4) is 5.75 Å². The van der Waals surface area contributed by atoms with E-state index in [-0.39, 0.29) is 47.6 Å². The summed E-state index contributed by atoms with van der Waals surface area (Å²) in [7, 11) is 0. The van der Waals surface area contributed by atoms with E-state index >= 15 is 0 Å². The van der Waals surface area contributed by atoms with Crippen molar-refractivity contribution in [2.24, 2.45) is 4.99 Å². The van der Waals surface area contributed by atoms with Gasteiger partial charge in [-0.25, -0.2) is 9.38 Å². The molecule has 9 heteroatoms. The number of benzene rings is 1. The van der Waals surface area contributed by atoms with Gasteiger partial charge in [-0.05, 0) is 44.4 Å². The van der Waals surface area contributed by atoms with Gasteiger partial charge < -0.3 is 24.6 Å². The van der Waals surface area contributed by atoms with E-state index in [1.165, 1.54) is 6.07 Å². The molecule has 2 heterocycles. The first-order chi connectivity index (χ1) is 14.1. The fourth-order valence-electron chi connectivity index (χ4n) is 3.62. The Morgan fingerprint density at radius 3 is 2.60 bits per heavy atom. The molecule has 2 aliphatic heterocycles. The maximum absolute atomic E-state index is 14.1. The Morgan fingerprint density at radius 2 is 2.00 bits per heavy atom. The molecule has 7 nitrogen and oxygen atoms in total. The van der Waals surface area contributed by atoms with Crippen LogP contribution in [0.25, 0.3) is 0 Å². The summed E-state index contributed by atoms with van der Waals surface area (Å²) < 4.78 is 24.8. The van der Waals surface area contributed by atoms with Crippen LogP contribution in [-0.2, 0) is 16.1 Å². The molecule has 0 bridgehead atoms. The second kappa shape index (κ2) is 12.3. The van der Waals surface area contributed by atoms with Crippen LogP contribution in [0, 0.1) is 5.82 Å². The molecule has 1 unspecified atom stereocenters. The lowest BCUT2D eigenvalue weighted by Crippen LogP contribution is -2.55. The fraction of sp³-hybridized carbons (Fsp3) is 0.619. The Bertz CT molecular complexity index is 720. The Morgan fingerprint density at radius 1 is 1.27 bits per heavy atom. The van der Waals surface area contributed by atoms with Gasteiger partial charge in [-0.3, -0.25) is 4.79 Å². The maximum atomic E-state index is 14.1. The molecule has 1 aromatic carbocycles. The van der Waals surface area contributed by atoms with Gasteiger partial charge in [0.2, 0.25) is 0 Å². The van der Waals surface area contributed by atoms with Gasteiger partial charge in [-0.1, -0.05) is 6.07 Å². The highest BCUT2D eigenvalue weighted by atomic mass is 127. The van der Waals surface area contributed by atoms with Crippen LogP contribution in [0.3, 0.4) is 0 Å². The van der Waals surface area contributed by atoms with Gasteiger partial charge in [0.25, 0.3) is 5.91 Å². The largest absolute Gasteiger partial charge is 0.491 e. The van der Waals surface area contributed by atoms with Gasteiger partial charge in [0, 0.05) is 39.3 Å². The summed E-state index contributed by atoms with van der Waals surface area (Å²) in [6, 6.07) is 4.95. The highest BCUT2D eigenvalue weighted by Crippen LogP contribution is 2.19. The van der Waals surface area contributed by atoms with Crippen molar-refractivity contribution < 1.29 is 18.7 Å². The van der Waals surface area contributed by atoms with Crippen LogP contribution in [0.15, 0.2) is 23.2 Å². The zero-order chi connectivity index (χ0) is 20.6. The molecule has 1 N–H and O–H groups in total. The van der Waals surface area contributed by atoms with Crippen LogP contribution >= 0.6 is 24.0 Å². The predicted molar refractivity (Wildman–Crippen MR) is 125 cm³/mol. The van der Waals surface area contributed by atoms with E-state index < -0.39 is 0 Å². The number of carbonyl (C=O) groups is 1. The molecular formula is C21H32FIN4O3. The standard InChI is InChI=1S/C21H31FN4O3.HI/c1-3-23-21(24-15-16-7-8-18(28-4-2)17(22)14-16)26-11-9-25(10-12-26)20(27)19-6-5-13-29-19;/h7-8,14,19H,3-6,9-13,15H2,1-2H3,(H,23,24);1H. The average molecular weight is 534 g/mol. The molecule has 30 heavy (non-hydrogen) atoms. The number of hydrogen-bond donors (Lipinski definition) is 1. The molecule has 0 saturated carbocycles. The number of piperazine rings is 1. The molecular weight excluding hydrogens is 502 g/mol. The topological polar surface area (TPSA) is 66.4 Å². The third-order valence-corrected chi connectivity index (χ3v) is 5.14. The molecule has 1 atom stereocenters. The molecule has 0 spiro atoms. The second-order valence-electron chi connectivity index (χ2n) is 7.18. The summed E-state index contributed by atoms with van der Waals surface area (Å²) in [5.41, 5.74) is 0.786. The minimum atomic E-state index is -0.370. The molecule has 2 saturated heterocycles. The first kappa shape index (κ1) is 24.6. The van der Waals surface area contributed by atoms with Gasteiger partial charge in [0.15, 0.2) is 17.5 Å². The smallest absolute Gasteiger partial charge is 0.251 e. The summed E-state index contributed by atoms with van der Waals surface area (Å²) in [6.07, 6.45) is 1.51. The SMILES string of the molecule is CCNC(=NCc1ccc(OCC)c(F)c1)N1CCN(C(=O)C2CCCO2)CC1.I. The van der Waals surface area contributed by atoms with Crippen LogP contribution < -0.4 is 10.1 Å². The van der Waals surface area contributed by atoms with E-state index in [4.69, 9.17) is 9.47 Å². The third-order valence-electron chi connectivity index (χ3n) is 5.14. The van der Waals surface area contributed by atoms with E-state index in [0.717, 1.165) is 30.9 Å². The van der Waals surface area contributed by atoms with Crippen molar-refractivity contribution in [3.05, 3.63) is 29.6 Å². The van der Waals surface area contributed by atoms with Crippen molar-refractivity contribution in [1.82, 2.24) is 15.1 Å². The molecule has 0 aromatic heterocycles. The number of amides is 1. The Balaban J connectivity index is 0.00000320. The van der Waals surface area contributed by atoms with Crippen molar-refractivity contribution in [1.29, 1.82) is 0 Å². The summed E-state index contributed by atoms with van der Waals surface area (Å²) in [4.78, 5) is 21.2. The van der Waals surface area contributed by atoms with E-state index in [0.29, 0.717) is 45.9 Å². The first-order valence-corrected chi connectivity index (χ1v) is 10.5. The summed E-state index contributed by atoms with van der Waals surface area (Å²) in [5, 5.41) is 3.30. The van der Waals surface area contributed by atoms with Crippen molar-refractivity contribution in [2.75, 3.05) is 45.9 Å². The maximum Gasteiger partial charge on any atom is 0.251 e. The summed E-state index contributed by atoms with van der Waals surface area (Å²) in [6.45, 7) is 8.80. The van der Waals surface area contributed by atoms with Gasteiger partial charge in [-0.2, -0.15) is 0 Å². The Hall–Kier alpha value is -1.62. The number of guanidine groups is 1. The highest BCUT2D eigenvalue weighted by molar-refractivity contribution is 14.0. The lowest BCUT2D eigenvalue weighted by Gasteiger charge is -2.37. The van der Waals surface area contributed by atoms with Crippen molar-refractivity contribution in [3.63, 3.8) is 0 Å². The molecule has 0 radical (unpaired) electrons. The number of aliphatic imine (C=N–C) groups is 1. The normalized spacial score (nSPS) is 19.4. The third kappa shape index (κ3) is 6.44. The molecule has 1 aromatic rings. The molecule has 1 amide bonds. The average Bonchev–Trinajstić information content (AvgIpc) is 3.27. The van der Waals surface area contributed by atoms with E-state index in [9.17, 15) is 9.18 Å². The van der Waals surface area contributed by atoms with E-state index in [2.05, 4.69) is 15.2 Å². The quantitative estimate of drug-likeness (QED) is 0.346. The lowest BCUT2D eigenvalue weighted by molar-refractivity contribution is -0.142. The van der Waals surface area contributed by atoms with Gasteiger partial charge in [0.05, 0.1) is 13.2 Å². The summed E-state index contributed by atoms with van der Waals surface area (Å²) >= 11 is 0. The van der Waals surface area contributed by atoms with Crippen LogP contribution in [0.5, 0.6) is 5.75 Å². The second-order valence-corrected chi connectivity index (χ2v) is 7.18. The van der Waals surface area contributed by atoms with Crippen LogP contribution in [0.1, 0.15) is 32.3 Å². The number of rotatable bonds is 6. The van der Waals surface area contributed by atoms with Crippen LogP contribution in [0.4, 0.5) is 4.39 Å². The number of carbonyl (C=O) groups excluding carboxylic acids is 1. The molecule has 3 rings (SSSR count). The molecule has 2 aliphatic rings. The first-order valence-electron chi connectivity index (χ1n) is 10.5. The van der Waals surface area contributed by atoms with Gasteiger partial charge >= 0.3 is 0 Å². The summed E-state index contributed by atoms with van der Waals surface area (Å²) in [5.74, 6) is 0.782. The van der Waals surface area contributed by atoms with Gasteiger partial charge in [-0.15, -0.1) is 24.0 Å². The number of halogens is 2. The zero-order valence-corrected chi connectivity index (χ0v) is 20.1. The molecule has 2 fully saturated rings. The number of nitrogens with zero attached hydrogens (tertiary/aromatic N) is 3. The number of ether oxygens (including phenoxy) is 2. The van der Waals surface area contributed by atoms with E-state index in [1.807, 2.05) is 24.8 Å². The highest BCUT2D eigenvalue weighted by Gasteiger charge is 2.30. The number of nitrogens with one attached hydrogen (secondary N) is 1. The zero-order valence-electron chi connectivity index (χ0n) is 17.7. The molecule has 0 aliphatic carbocycles. The minimum Gasteiger partial charge on any atom is -0.491 e. The minimum absolute atomic E-state index is 0. The van der Waals surface area contributed by atoms with Gasteiger partial charge in [0.1, 0.15) is 6.10 Å². The Kier molecular flexibility index (Phi) is 10.1.